The van der Waals surface area contributed by atoms with E-state index in [0.717, 1.165) is 33.4 Å². The molecule has 8 heteroatoms. The van der Waals surface area contributed by atoms with Crippen LogP contribution in [0, 0.1) is 36.5 Å². The van der Waals surface area contributed by atoms with Crippen LogP contribution in [0.25, 0.3) is 0 Å². The molecule has 4 fully saturated rings. The van der Waals surface area contributed by atoms with Gasteiger partial charge in [-0.05, 0) is 49.9 Å². The van der Waals surface area contributed by atoms with Crippen molar-refractivity contribution in [3.05, 3.63) is 143 Å². The van der Waals surface area contributed by atoms with Gasteiger partial charge in [-0.1, -0.05) is 120 Å². The second-order valence-corrected chi connectivity index (χ2v) is 13.5. The van der Waals surface area contributed by atoms with Gasteiger partial charge in [0.25, 0.3) is 0 Å². The molecular weight excluding hydrogens is 632 g/mol. The van der Waals surface area contributed by atoms with E-state index in [1.165, 1.54) is 0 Å². The molecule has 2 aliphatic heterocycles. The summed E-state index contributed by atoms with van der Waals surface area (Å²) >= 11 is 0. The van der Waals surface area contributed by atoms with Crippen molar-refractivity contribution in [1.82, 2.24) is 0 Å². The number of carbonyl (C=O) groups is 4. The van der Waals surface area contributed by atoms with Gasteiger partial charge in [-0.25, -0.2) is 0 Å². The largest absolute Gasteiger partial charge is 0.465 e. The van der Waals surface area contributed by atoms with E-state index < -0.39 is 46.9 Å². The minimum atomic E-state index is -1.20. The molecule has 0 N–H and O–H groups in total. The number of rotatable bonds is 8. The van der Waals surface area contributed by atoms with Crippen molar-refractivity contribution >= 4 is 23.9 Å². The SMILES string of the molecule is CCOC(=O)[C@@]12C(=O)O[C@@H](c3ccc(C)cc3)[C@@H]1[C@H]2c1ccccc1.CCOC(=O)[C@]12C(=O)O[C@H](c3ccc(C)cc3)[C@H]1[C@@H]2c1ccccc1. The molecule has 4 aliphatic rings. The van der Waals surface area contributed by atoms with Crippen LogP contribution < -0.4 is 0 Å². The average molecular weight is 673 g/mol. The predicted octanol–water partition coefficient (Wildman–Crippen LogP) is 7.11. The molecule has 0 aromatic heterocycles. The van der Waals surface area contributed by atoms with Crippen molar-refractivity contribution in [2.24, 2.45) is 22.7 Å². The van der Waals surface area contributed by atoms with Crippen molar-refractivity contribution in [3.8, 4) is 0 Å². The van der Waals surface area contributed by atoms with Crippen LogP contribution in [0.2, 0.25) is 0 Å². The molecule has 2 saturated carbocycles. The maximum Gasteiger partial charge on any atom is 0.325 e. The van der Waals surface area contributed by atoms with E-state index in [1.54, 1.807) is 13.8 Å². The highest BCUT2D eigenvalue weighted by atomic mass is 16.6. The van der Waals surface area contributed by atoms with Crippen molar-refractivity contribution in [3.63, 3.8) is 0 Å². The lowest BCUT2D eigenvalue weighted by molar-refractivity contribution is -0.163. The highest BCUT2D eigenvalue weighted by Crippen LogP contribution is 2.76. The zero-order valence-electron chi connectivity index (χ0n) is 28.5. The maximum absolute atomic E-state index is 12.8. The van der Waals surface area contributed by atoms with Crippen LogP contribution in [-0.4, -0.2) is 37.1 Å². The van der Waals surface area contributed by atoms with Crippen LogP contribution in [0.5, 0.6) is 0 Å². The third kappa shape index (κ3) is 5.11. The lowest BCUT2D eigenvalue weighted by Gasteiger charge is -2.17. The van der Waals surface area contributed by atoms with Crippen LogP contribution >= 0.6 is 0 Å². The van der Waals surface area contributed by atoms with Crippen LogP contribution in [-0.2, 0) is 38.1 Å². The van der Waals surface area contributed by atoms with Gasteiger partial charge >= 0.3 is 23.9 Å². The number of ether oxygens (including phenoxy) is 4. The number of aryl methyl sites for hydroxylation is 2. The molecule has 0 radical (unpaired) electrons. The molecule has 8 rings (SSSR count). The summed E-state index contributed by atoms with van der Waals surface area (Å²) in [5.41, 5.74) is 3.69. The summed E-state index contributed by atoms with van der Waals surface area (Å²) in [6.45, 7) is 8.02. The van der Waals surface area contributed by atoms with Crippen molar-refractivity contribution in [1.29, 1.82) is 0 Å². The fourth-order valence-corrected chi connectivity index (χ4v) is 8.27. The number of hydrogen-bond acceptors (Lipinski definition) is 8. The molecule has 8 atom stereocenters. The van der Waals surface area contributed by atoms with E-state index in [0.29, 0.717) is 0 Å². The Morgan fingerprint density at radius 1 is 0.540 bits per heavy atom. The number of esters is 4. The second kappa shape index (κ2) is 12.9. The minimum absolute atomic E-state index is 0.194. The molecular formula is C42H40O8. The van der Waals surface area contributed by atoms with Crippen LogP contribution in [0.3, 0.4) is 0 Å². The molecule has 0 bridgehead atoms. The standard InChI is InChI=1S/2C21H20O4/c2*1-3-24-19(22)21-16(14-7-5-4-6-8-14)17(21)18(25-20(21)23)15-11-9-13(2)10-12-15/h2*4-12,16-18H,3H2,1-2H3/t2*16-,17+,18+,21+/m10/s1. The van der Waals surface area contributed by atoms with E-state index in [4.69, 9.17) is 18.9 Å². The first-order valence-electron chi connectivity index (χ1n) is 17.2. The summed E-state index contributed by atoms with van der Waals surface area (Å²) in [6.07, 6.45) is -0.828. The normalized spacial score (nSPS) is 29.7. The van der Waals surface area contributed by atoms with Gasteiger partial charge in [0.1, 0.15) is 12.2 Å². The maximum atomic E-state index is 12.8. The number of cyclic esters (lactones) is 2. The smallest absolute Gasteiger partial charge is 0.325 e. The molecule has 2 heterocycles. The third-order valence-electron chi connectivity index (χ3n) is 10.7. The van der Waals surface area contributed by atoms with Gasteiger partial charge < -0.3 is 18.9 Å². The fourth-order valence-electron chi connectivity index (χ4n) is 8.27. The zero-order chi connectivity index (χ0) is 35.2. The van der Waals surface area contributed by atoms with Gasteiger partial charge in [0.2, 0.25) is 0 Å². The lowest BCUT2D eigenvalue weighted by atomic mass is 9.99. The molecule has 0 unspecified atom stereocenters. The average Bonchev–Trinajstić information content (AvgIpc) is 3.96. The molecule has 256 valence electrons. The van der Waals surface area contributed by atoms with Gasteiger partial charge in [0.05, 0.1) is 13.2 Å². The molecule has 4 aromatic carbocycles. The molecule has 0 spiro atoms. The first-order chi connectivity index (χ1) is 24.2. The first-order valence-corrected chi connectivity index (χ1v) is 17.2. The van der Waals surface area contributed by atoms with Gasteiger partial charge in [0.15, 0.2) is 10.8 Å². The molecule has 2 saturated heterocycles. The number of carbonyl (C=O) groups excluding carboxylic acids is 4. The number of hydrogen-bond donors (Lipinski definition) is 0. The molecule has 2 aliphatic carbocycles. The van der Waals surface area contributed by atoms with Gasteiger partial charge in [-0.3, -0.25) is 19.2 Å². The Bertz CT molecular complexity index is 1760. The Hall–Kier alpha value is -5.24. The Kier molecular flexibility index (Phi) is 8.58. The highest BCUT2D eigenvalue weighted by Gasteiger charge is 2.84. The minimum Gasteiger partial charge on any atom is -0.465 e. The zero-order valence-corrected chi connectivity index (χ0v) is 28.5. The lowest BCUT2D eigenvalue weighted by Crippen LogP contribution is -2.29. The summed E-state index contributed by atoms with van der Waals surface area (Å²) < 4.78 is 21.8. The fraction of sp³-hybridized carbons (Fsp3) is 0.333. The van der Waals surface area contributed by atoms with Crippen LogP contribution in [0.1, 0.15) is 71.3 Å². The Morgan fingerprint density at radius 2 is 0.880 bits per heavy atom. The molecule has 4 aromatic rings. The van der Waals surface area contributed by atoms with E-state index >= 15 is 0 Å². The monoisotopic (exact) mass is 672 g/mol. The third-order valence-corrected chi connectivity index (χ3v) is 10.7. The Morgan fingerprint density at radius 3 is 1.20 bits per heavy atom. The summed E-state index contributed by atoms with van der Waals surface area (Å²) in [7, 11) is 0. The van der Waals surface area contributed by atoms with Crippen molar-refractivity contribution < 1.29 is 38.1 Å². The summed E-state index contributed by atoms with van der Waals surface area (Å²) in [4.78, 5) is 51.0. The quantitative estimate of drug-likeness (QED) is 0.111. The highest BCUT2D eigenvalue weighted by molar-refractivity contribution is 6.08. The number of fused-ring (bicyclic) bond motifs is 2. The molecule has 8 nitrogen and oxygen atoms in total. The van der Waals surface area contributed by atoms with E-state index in [1.807, 2.05) is 123 Å². The van der Waals surface area contributed by atoms with E-state index in [-0.39, 0.29) is 36.9 Å². The van der Waals surface area contributed by atoms with E-state index in [2.05, 4.69) is 0 Å². The van der Waals surface area contributed by atoms with Crippen molar-refractivity contribution in [2.45, 2.75) is 51.7 Å². The van der Waals surface area contributed by atoms with Crippen LogP contribution in [0.4, 0.5) is 0 Å². The summed E-state index contributed by atoms with van der Waals surface area (Å²) in [5.74, 6) is -2.68. The summed E-state index contributed by atoms with van der Waals surface area (Å²) in [6, 6.07) is 35.2. The molecule has 50 heavy (non-hydrogen) atoms. The summed E-state index contributed by atoms with van der Waals surface area (Å²) in [5, 5.41) is 0. The van der Waals surface area contributed by atoms with Crippen LogP contribution in [0.15, 0.2) is 109 Å². The molecule has 0 amide bonds. The van der Waals surface area contributed by atoms with Crippen molar-refractivity contribution in [2.75, 3.05) is 13.2 Å². The van der Waals surface area contributed by atoms with Gasteiger partial charge in [-0.15, -0.1) is 0 Å². The van der Waals surface area contributed by atoms with Gasteiger partial charge in [0, 0.05) is 23.7 Å². The Balaban J connectivity index is 0.000000157. The second-order valence-electron chi connectivity index (χ2n) is 13.5. The topological polar surface area (TPSA) is 105 Å². The Labute approximate surface area is 291 Å². The van der Waals surface area contributed by atoms with Gasteiger partial charge in [-0.2, -0.15) is 0 Å². The van der Waals surface area contributed by atoms with E-state index in [9.17, 15) is 19.2 Å². The number of benzene rings is 4. The predicted molar refractivity (Wildman–Crippen MR) is 184 cm³/mol. The first kappa shape index (κ1) is 33.3.